The number of nitrogens with zero attached hydrogens (tertiary/aromatic N) is 1. The van der Waals surface area contributed by atoms with Crippen LogP contribution in [0.2, 0.25) is 5.02 Å². The minimum Gasteiger partial charge on any atom is -0.340 e. The predicted octanol–water partition coefficient (Wildman–Crippen LogP) is 4.53. The van der Waals surface area contributed by atoms with Crippen LogP contribution in [0.15, 0.2) is 36.5 Å². The highest BCUT2D eigenvalue weighted by atomic mass is 35.5. The third-order valence-corrected chi connectivity index (χ3v) is 3.21. The molecule has 1 aromatic heterocycles. The molecule has 5 heteroatoms. The molecule has 2 N–H and O–H groups in total. The van der Waals surface area contributed by atoms with Crippen molar-refractivity contribution in [2.45, 2.75) is 26.7 Å². The highest BCUT2D eigenvalue weighted by molar-refractivity contribution is 6.30. The van der Waals surface area contributed by atoms with Gasteiger partial charge in [-0.15, -0.1) is 0 Å². The number of nitrogens with one attached hydrogen (secondary N) is 2. The second kappa shape index (κ2) is 7.09. The van der Waals surface area contributed by atoms with E-state index in [0.29, 0.717) is 22.9 Å². The van der Waals surface area contributed by atoms with E-state index in [2.05, 4.69) is 15.6 Å². The molecular formula is C16H18ClN3O. The van der Waals surface area contributed by atoms with Gasteiger partial charge in [-0.25, -0.2) is 4.98 Å². The van der Waals surface area contributed by atoms with Gasteiger partial charge in [0.1, 0.15) is 5.82 Å². The summed E-state index contributed by atoms with van der Waals surface area (Å²) in [6.45, 7) is 3.95. The third-order valence-electron chi connectivity index (χ3n) is 2.98. The van der Waals surface area contributed by atoms with E-state index in [9.17, 15) is 4.79 Å². The van der Waals surface area contributed by atoms with Crippen LogP contribution in [0.25, 0.3) is 0 Å². The maximum absolute atomic E-state index is 11.5. The fourth-order valence-electron chi connectivity index (χ4n) is 1.90. The van der Waals surface area contributed by atoms with Crippen LogP contribution in [0.5, 0.6) is 0 Å². The topological polar surface area (TPSA) is 54.0 Å². The number of aryl methyl sites for hydroxylation is 1. The predicted molar refractivity (Wildman–Crippen MR) is 87.2 cm³/mol. The first-order valence-electron chi connectivity index (χ1n) is 6.87. The average Bonchev–Trinajstić information content (AvgIpc) is 2.44. The Morgan fingerprint density at radius 2 is 2.10 bits per heavy atom. The van der Waals surface area contributed by atoms with Crippen LogP contribution in [0.4, 0.5) is 17.2 Å². The van der Waals surface area contributed by atoms with Crippen LogP contribution in [-0.2, 0) is 4.79 Å². The number of pyridine rings is 1. The van der Waals surface area contributed by atoms with E-state index >= 15 is 0 Å². The van der Waals surface area contributed by atoms with Crippen molar-refractivity contribution in [2.75, 3.05) is 10.6 Å². The zero-order chi connectivity index (χ0) is 15.2. The van der Waals surface area contributed by atoms with Gasteiger partial charge in [-0.3, -0.25) is 4.79 Å². The Labute approximate surface area is 129 Å². The number of anilines is 3. The standard InChI is InChI=1S/C16H18ClN3O/c1-3-4-16(21)19-13-6-8-15(18-10-13)20-14-7-5-12(17)9-11(14)2/h5-10H,3-4H2,1-2H3,(H,18,20)(H,19,21). The van der Waals surface area contributed by atoms with Crippen molar-refractivity contribution in [1.29, 1.82) is 0 Å². The van der Waals surface area contributed by atoms with Gasteiger partial charge >= 0.3 is 0 Å². The number of amides is 1. The first kappa shape index (κ1) is 15.3. The third kappa shape index (κ3) is 4.46. The van der Waals surface area contributed by atoms with Crippen molar-refractivity contribution in [3.05, 3.63) is 47.1 Å². The quantitative estimate of drug-likeness (QED) is 0.853. The molecule has 0 aliphatic heterocycles. The molecule has 2 aromatic rings. The van der Waals surface area contributed by atoms with Crippen molar-refractivity contribution >= 4 is 34.7 Å². The average molecular weight is 304 g/mol. The van der Waals surface area contributed by atoms with E-state index in [1.54, 1.807) is 6.20 Å². The Morgan fingerprint density at radius 3 is 2.71 bits per heavy atom. The van der Waals surface area contributed by atoms with Gasteiger partial charge in [0.15, 0.2) is 0 Å². The van der Waals surface area contributed by atoms with Crippen LogP contribution in [-0.4, -0.2) is 10.9 Å². The molecule has 1 amide bonds. The molecule has 0 aliphatic rings. The summed E-state index contributed by atoms with van der Waals surface area (Å²) in [6, 6.07) is 9.29. The van der Waals surface area contributed by atoms with Crippen molar-refractivity contribution in [1.82, 2.24) is 4.98 Å². The van der Waals surface area contributed by atoms with Crippen molar-refractivity contribution in [2.24, 2.45) is 0 Å². The number of rotatable bonds is 5. The van der Waals surface area contributed by atoms with E-state index in [0.717, 1.165) is 17.7 Å². The molecule has 0 atom stereocenters. The van der Waals surface area contributed by atoms with Gasteiger partial charge in [-0.2, -0.15) is 0 Å². The molecule has 21 heavy (non-hydrogen) atoms. The van der Waals surface area contributed by atoms with Crippen LogP contribution in [0.1, 0.15) is 25.3 Å². The number of halogens is 1. The van der Waals surface area contributed by atoms with Gasteiger partial charge in [0.05, 0.1) is 11.9 Å². The second-order valence-electron chi connectivity index (χ2n) is 4.81. The smallest absolute Gasteiger partial charge is 0.224 e. The van der Waals surface area contributed by atoms with Crippen LogP contribution < -0.4 is 10.6 Å². The largest absolute Gasteiger partial charge is 0.340 e. The lowest BCUT2D eigenvalue weighted by atomic mass is 10.2. The van der Waals surface area contributed by atoms with E-state index in [1.165, 1.54) is 0 Å². The zero-order valence-corrected chi connectivity index (χ0v) is 12.9. The first-order chi connectivity index (χ1) is 10.1. The fourth-order valence-corrected chi connectivity index (χ4v) is 2.12. The van der Waals surface area contributed by atoms with E-state index < -0.39 is 0 Å². The molecule has 0 radical (unpaired) electrons. The number of carbonyl (C=O) groups excluding carboxylic acids is 1. The van der Waals surface area contributed by atoms with Crippen molar-refractivity contribution in [3.63, 3.8) is 0 Å². The molecule has 4 nitrogen and oxygen atoms in total. The lowest BCUT2D eigenvalue weighted by molar-refractivity contribution is -0.116. The normalized spacial score (nSPS) is 10.2. The van der Waals surface area contributed by atoms with Crippen molar-refractivity contribution in [3.8, 4) is 0 Å². The highest BCUT2D eigenvalue weighted by Crippen LogP contribution is 2.23. The Bertz CT molecular complexity index is 626. The maximum atomic E-state index is 11.5. The number of carbonyl (C=O) groups is 1. The summed E-state index contributed by atoms with van der Waals surface area (Å²) >= 11 is 5.93. The van der Waals surface area contributed by atoms with Crippen LogP contribution in [0, 0.1) is 6.92 Å². The summed E-state index contributed by atoms with van der Waals surface area (Å²) in [5.74, 6) is 0.725. The van der Waals surface area contributed by atoms with Gasteiger partial charge in [0.2, 0.25) is 5.91 Å². The number of aromatic nitrogens is 1. The molecule has 2 rings (SSSR count). The maximum Gasteiger partial charge on any atom is 0.224 e. The van der Waals surface area contributed by atoms with Gasteiger partial charge in [0, 0.05) is 17.1 Å². The Morgan fingerprint density at radius 1 is 1.29 bits per heavy atom. The monoisotopic (exact) mass is 303 g/mol. The molecule has 0 aliphatic carbocycles. The summed E-state index contributed by atoms with van der Waals surface area (Å²) < 4.78 is 0. The number of hydrogen-bond acceptors (Lipinski definition) is 3. The Kier molecular flexibility index (Phi) is 5.17. The minimum absolute atomic E-state index is 0.00792. The van der Waals surface area contributed by atoms with Crippen molar-refractivity contribution < 1.29 is 4.79 Å². The summed E-state index contributed by atoms with van der Waals surface area (Å²) in [5, 5.41) is 6.74. The summed E-state index contributed by atoms with van der Waals surface area (Å²) in [5.41, 5.74) is 2.70. The fraction of sp³-hybridized carbons (Fsp3) is 0.250. The van der Waals surface area contributed by atoms with Crippen LogP contribution in [0.3, 0.4) is 0 Å². The molecule has 0 unspecified atom stereocenters. The van der Waals surface area contributed by atoms with Crippen LogP contribution >= 0.6 is 11.6 Å². The van der Waals surface area contributed by atoms with Gasteiger partial charge in [0.25, 0.3) is 0 Å². The molecule has 0 saturated heterocycles. The van der Waals surface area contributed by atoms with E-state index in [4.69, 9.17) is 11.6 Å². The Hall–Kier alpha value is -2.07. The second-order valence-corrected chi connectivity index (χ2v) is 5.25. The highest BCUT2D eigenvalue weighted by Gasteiger charge is 2.03. The summed E-state index contributed by atoms with van der Waals surface area (Å²) in [4.78, 5) is 15.8. The summed E-state index contributed by atoms with van der Waals surface area (Å²) in [7, 11) is 0. The van der Waals surface area contributed by atoms with Gasteiger partial charge in [-0.05, 0) is 49.2 Å². The molecule has 0 saturated carbocycles. The lowest BCUT2D eigenvalue weighted by Gasteiger charge is -2.10. The van der Waals surface area contributed by atoms with E-state index in [-0.39, 0.29) is 5.91 Å². The molecular weight excluding hydrogens is 286 g/mol. The number of hydrogen-bond donors (Lipinski definition) is 2. The number of benzene rings is 1. The zero-order valence-electron chi connectivity index (χ0n) is 12.1. The SMILES string of the molecule is CCCC(=O)Nc1ccc(Nc2ccc(Cl)cc2C)nc1. The molecule has 1 heterocycles. The molecule has 110 valence electrons. The summed E-state index contributed by atoms with van der Waals surface area (Å²) in [6.07, 6.45) is 2.99. The molecule has 1 aromatic carbocycles. The van der Waals surface area contributed by atoms with Gasteiger partial charge < -0.3 is 10.6 Å². The molecule has 0 spiro atoms. The minimum atomic E-state index is 0.00792. The van der Waals surface area contributed by atoms with E-state index in [1.807, 2.05) is 44.2 Å². The lowest BCUT2D eigenvalue weighted by Crippen LogP contribution is -2.10. The Balaban J connectivity index is 2.03. The van der Waals surface area contributed by atoms with Gasteiger partial charge in [-0.1, -0.05) is 18.5 Å². The first-order valence-corrected chi connectivity index (χ1v) is 7.25. The molecule has 0 bridgehead atoms. The molecule has 0 fully saturated rings.